The van der Waals surface area contributed by atoms with Gasteiger partial charge < -0.3 is 9.76 Å². The maximum absolute atomic E-state index is 10.1. The fourth-order valence-corrected chi connectivity index (χ4v) is 2.11. The maximum Gasteiger partial charge on any atom is 0.331 e. The van der Waals surface area contributed by atoms with Gasteiger partial charge in [-0.1, -0.05) is 23.7 Å². The average Bonchev–Trinajstić information content (AvgIpc) is 2.73. The van der Waals surface area contributed by atoms with Crippen LogP contribution in [0.25, 0.3) is 0 Å². The first-order chi connectivity index (χ1) is 8.31. The van der Waals surface area contributed by atoms with Crippen LogP contribution < -0.4 is 5.46 Å². The molecular formula is C15H22BO2. The SMILES string of the molecule is CC(C)(O)C(C)(C)O[B]c1cccc2c1CCC2. The number of benzene rings is 1. The van der Waals surface area contributed by atoms with Crippen molar-refractivity contribution < 1.29 is 9.76 Å². The Kier molecular flexibility index (Phi) is 3.57. The Morgan fingerprint density at radius 1 is 1.17 bits per heavy atom. The van der Waals surface area contributed by atoms with Gasteiger partial charge in [-0.25, -0.2) is 0 Å². The van der Waals surface area contributed by atoms with Gasteiger partial charge in [0.1, 0.15) is 0 Å². The number of aliphatic hydroxyl groups is 1. The summed E-state index contributed by atoms with van der Waals surface area (Å²) in [5, 5.41) is 10.1. The van der Waals surface area contributed by atoms with Crippen molar-refractivity contribution >= 4 is 12.9 Å². The molecule has 18 heavy (non-hydrogen) atoms. The number of fused-ring (bicyclic) bond motifs is 1. The quantitative estimate of drug-likeness (QED) is 0.822. The van der Waals surface area contributed by atoms with E-state index in [-0.39, 0.29) is 0 Å². The van der Waals surface area contributed by atoms with E-state index in [2.05, 4.69) is 18.2 Å². The summed E-state index contributed by atoms with van der Waals surface area (Å²) in [7, 11) is 1.81. The van der Waals surface area contributed by atoms with E-state index in [1.54, 1.807) is 13.8 Å². The molecule has 0 fully saturated rings. The van der Waals surface area contributed by atoms with Crippen molar-refractivity contribution in [3.63, 3.8) is 0 Å². The van der Waals surface area contributed by atoms with Crippen LogP contribution in [0.2, 0.25) is 0 Å². The molecule has 0 amide bonds. The summed E-state index contributed by atoms with van der Waals surface area (Å²) in [5.74, 6) is 0. The fourth-order valence-electron chi connectivity index (χ4n) is 2.11. The molecule has 0 unspecified atom stereocenters. The third-order valence-corrected chi connectivity index (χ3v) is 4.14. The highest BCUT2D eigenvalue weighted by atomic mass is 16.5. The zero-order valence-corrected chi connectivity index (χ0v) is 11.8. The Balaban J connectivity index is 2.10. The number of hydrogen-bond donors (Lipinski definition) is 1. The Morgan fingerprint density at radius 2 is 1.89 bits per heavy atom. The minimum absolute atomic E-state index is 0.603. The van der Waals surface area contributed by atoms with Crippen LogP contribution in [0.4, 0.5) is 0 Å². The van der Waals surface area contributed by atoms with Crippen molar-refractivity contribution in [2.45, 2.75) is 58.2 Å². The molecule has 0 spiro atoms. The van der Waals surface area contributed by atoms with Crippen LogP contribution in [-0.4, -0.2) is 23.8 Å². The first-order valence-corrected chi connectivity index (χ1v) is 6.65. The molecule has 1 aromatic carbocycles. The summed E-state index contributed by atoms with van der Waals surface area (Å²) in [6.45, 7) is 7.37. The van der Waals surface area contributed by atoms with Gasteiger partial charge in [-0.15, -0.1) is 0 Å². The van der Waals surface area contributed by atoms with Crippen LogP contribution in [-0.2, 0) is 17.5 Å². The molecule has 3 heteroatoms. The monoisotopic (exact) mass is 245 g/mol. The van der Waals surface area contributed by atoms with Gasteiger partial charge in [0, 0.05) is 0 Å². The predicted octanol–water partition coefficient (Wildman–Crippen LogP) is 1.99. The molecule has 1 aliphatic carbocycles. The molecule has 1 N–H and O–H groups in total. The van der Waals surface area contributed by atoms with E-state index >= 15 is 0 Å². The zero-order chi connectivity index (χ0) is 13.4. The fraction of sp³-hybridized carbons (Fsp3) is 0.600. The van der Waals surface area contributed by atoms with E-state index in [0.717, 1.165) is 11.9 Å². The van der Waals surface area contributed by atoms with Crippen molar-refractivity contribution in [2.75, 3.05) is 0 Å². The van der Waals surface area contributed by atoms with Crippen molar-refractivity contribution in [1.29, 1.82) is 0 Å². The van der Waals surface area contributed by atoms with Crippen LogP contribution in [0.1, 0.15) is 45.2 Å². The molecule has 0 saturated carbocycles. The van der Waals surface area contributed by atoms with Gasteiger partial charge >= 0.3 is 7.48 Å². The second-order valence-electron chi connectivity index (χ2n) is 6.14. The van der Waals surface area contributed by atoms with Crippen LogP contribution in [0.5, 0.6) is 0 Å². The van der Waals surface area contributed by atoms with E-state index in [4.69, 9.17) is 4.65 Å². The molecule has 97 valence electrons. The number of hydrogen-bond acceptors (Lipinski definition) is 2. The number of aryl methyl sites for hydroxylation is 1. The predicted molar refractivity (Wildman–Crippen MR) is 75.3 cm³/mol. The summed E-state index contributed by atoms with van der Waals surface area (Å²) in [5.41, 5.74) is 2.52. The number of rotatable bonds is 4. The molecule has 1 radical (unpaired) electrons. The average molecular weight is 245 g/mol. The highest BCUT2D eigenvalue weighted by Crippen LogP contribution is 2.25. The summed E-state index contributed by atoms with van der Waals surface area (Å²) in [6, 6.07) is 6.36. The maximum atomic E-state index is 10.1. The first-order valence-electron chi connectivity index (χ1n) is 6.65. The molecule has 0 saturated heterocycles. The minimum atomic E-state index is -0.874. The van der Waals surface area contributed by atoms with Crippen LogP contribution in [0.15, 0.2) is 18.2 Å². The Morgan fingerprint density at radius 3 is 2.56 bits per heavy atom. The lowest BCUT2D eigenvalue weighted by molar-refractivity contribution is -0.0893. The first kappa shape index (κ1) is 13.6. The normalized spacial score (nSPS) is 15.6. The molecule has 0 aliphatic heterocycles. The molecule has 0 aromatic heterocycles. The molecular weight excluding hydrogens is 223 g/mol. The summed E-state index contributed by atoms with van der Waals surface area (Å²) in [4.78, 5) is 0. The Labute approximate surface area is 111 Å². The smallest absolute Gasteiger partial charge is 0.331 e. The van der Waals surface area contributed by atoms with E-state index in [1.807, 2.05) is 21.3 Å². The van der Waals surface area contributed by atoms with Gasteiger partial charge in [-0.05, 0) is 58.1 Å². The van der Waals surface area contributed by atoms with Gasteiger partial charge in [0.2, 0.25) is 0 Å². The molecule has 1 aliphatic rings. The van der Waals surface area contributed by atoms with Crippen LogP contribution in [0.3, 0.4) is 0 Å². The molecule has 2 rings (SSSR count). The van der Waals surface area contributed by atoms with Crippen molar-refractivity contribution in [1.82, 2.24) is 0 Å². The molecule has 0 bridgehead atoms. The van der Waals surface area contributed by atoms with E-state index < -0.39 is 11.2 Å². The topological polar surface area (TPSA) is 29.5 Å². The minimum Gasteiger partial charge on any atom is -0.427 e. The van der Waals surface area contributed by atoms with Crippen molar-refractivity contribution in [2.24, 2.45) is 0 Å². The van der Waals surface area contributed by atoms with E-state index in [0.29, 0.717) is 0 Å². The highest BCUT2D eigenvalue weighted by molar-refractivity contribution is 6.47. The molecule has 2 nitrogen and oxygen atoms in total. The largest absolute Gasteiger partial charge is 0.427 e. The lowest BCUT2D eigenvalue weighted by atomic mass is 9.79. The zero-order valence-electron chi connectivity index (χ0n) is 11.8. The highest BCUT2D eigenvalue weighted by Gasteiger charge is 2.36. The lowest BCUT2D eigenvalue weighted by Gasteiger charge is -2.37. The lowest BCUT2D eigenvalue weighted by Crippen LogP contribution is -2.49. The summed E-state index contributed by atoms with van der Waals surface area (Å²) < 4.78 is 5.83. The van der Waals surface area contributed by atoms with Gasteiger partial charge in [0.15, 0.2) is 0 Å². The van der Waals surface area contributed by atoms with Gasteiger partial charge in [-0.3, -0.25) is 0 Å². The van der Waals surface area contributed by atoms with Gasteiger partial charge in [0.05, 0.1) is 11.2 Å². The third kappa shape index (κ3) is 2.62. The van der Waals surface area contributed by atoms with Crippen LogP contribution >= 0.6 is 0 Å². The second kappa shape index (κ2) is 4.71. The van der Waals surface area contributed by atoms with Crippen LogP contribution in [0, 0.1) is 0 Å². The second-order valence-corrected chi connectivity index (χ2v) is 6.14. The van der Waals surface area contributed by atoms with Crippen molar-refractivity contribution in [3.05, 3.63) is 29.3 Å². The van der Waals surface area contributed by atoms with E-state index in [9.17, 15) is 5.11 Å². The van der Waals surface area contributed by atoms with Gasteiger partial charge in [-0.2, -0.15) is 0 Å². The summed E-state index contributed by atoms with van der Waals surface area (Å²) >= 11 is 0. The third-order valence-electron chi connectivity index (χ3n) is 4.14. The Hall–Kier alpha value is -0.795. The summed E-state index contributed by atoms with van der Waals surface area (Å²) in [6.07, 6.45) is 3.54. The van der Waals surface area contributed by atoms with Gasteiger partial charge in [0.25, 0.3) is 0 Å². The standard InChI is InChI=1S/C15H22BO2/c1-14(2,17)15(3,4)18-16-13-10-6-8-11-7-5-9-12(11)13/h6,8,10,17H,5,7,9H2,1-4H3. The molecule has 1 aromatic rings. The Bertz CT molecular complexity index is 433. The molecule has 0 heterocycles. The van der Waals surface area contributed by atoms with Crippen molar-refractivity contribution in [3.8, 4) is 0 Å². The van der Waals surface area contributed by atoms with E-state index in [1.165, 1.54) is 24.0 Å². The molecule has 0 atom stereocenters.